The summed E-state index contributed by atoms with van der Waals surface area (Å²) in [6.45, 7) is 0. The molecule has 26 valence electrons. The molecule has 0 bridgehead atoms. The minimum absolute atomic E-state index is 0. The summed E-state index contributed by atoms with van der Waals surface area (Å²) in [5, 5.41) is 0. The Morgan fingerprint density at radius 1 is 0.500 bits per heavy atom. The van der Waals surface area contributed by atoms with Gasteiger partial charge in [0.15, 0.2) is 0 Å². The van der Waals surface area contributed by atoms with E-state index in [9.17, 15) is 0 Å². The molecule has 0 saturated carbocycles. The van der Waals surface area contributed by atoms with Crippen LogP contribution in [0.2, 0.25) is 0 Å². The smallest absolute Gasteiger partial charge is 2.00 e. The van der Waals surface area contributed by atoms with Crippen LogP contribution in [0.4, 0.5) is 0 Å². The molecule has 0 N–H and O–H groups in total. The molecule has 0 saturated heterocycles. The number of rotatable bonds is 0. The molecule has 0 heterocycles. The molecule has 0 aliphatic rings. The Labute approximate surface area is 34.4 Å². The normalized spacial score (nSPS) is 0. The molecule has 0 fully saturated rings. The Balaban J connectivity index is 0. The van der Waals surface area contributed by atoms with Gasteiger partial charge in [-0.25, -0.2) is 0 Å². The summed E-state index contributed by atoms with van der Waals surface area (Å²) < 4.78 is 0. The summed E-state index contributed by atoms with van der Waals surface area (Å²) >= 11 is 0. The molecule has 0 aromatic heterocycles. The fraction of sp³-hybridized carbons (Fsp3) is 0. The predicted molar refractivity (Wildman–Crippen MR) is 2.06 cm³/mol. The first-order valence-corrected chi connectivity index (χ1v) is 0. The van der Waals surface area contributed by atoms with Crippen LogP contribution in [-0.4, -0.2) is 0 Å². The molecule has 0 rings (SSSR count). The quantitative estimate of drug-likeness (QED) is 0.375. The minimum Gasteiger partial charge on any atom is -2.00 e. The molecule has 0 radical (unpaired) electrons. The third-order valence-electron chi connectivity index (χ3n) is 0. The Morgan fingerprint density at radius 3 is 0.500 bits per heavy atom. The van der Waals surface area contributed by atoms with Crippen molar-refractivity contribution in [3.8, 4) is 0 Å². The van der Waals surface area contributed by atoms with Gasteiger partial charge in [0.25, 0.3) is 0 Å². The average molecular weight is 104 g/mol. The second kappa shape index (κ2) is 123. The van der Waals surface area contributed by atoms with Crippen molar-refractivity contribution in [2.24, 2.45) is 0 Å². The molecule has 0 aromatic carbocycles. The average Bonchev–Trinajstić information content (AvgIpc) is 0. The molecule has 4 heteroatoms. The van der Waals surface area contributed by atoms with Crippen LogP contribution < -0.4 is 0 Å². The van der Waals surface area contributed by atoms with Crippen molar-refractivity contribution >= 4 is 0 Å². The van der Waals surface area contributed by atoms with Gasteiger partial charge in [0.2, 0.25) is 0 Å². The van der Waals surface area contributed by atoms with E-state index in [4.69, 9.17) is 0 Å². The Bertz CT molecular complexity index is 3.25. The van der Waals surface area contributed by atoms with Crippen LogP contribution in [0.1, 0.15) is 0 Å². The van der Waals surface area contributed by atoms with Crippen molar-refractivity contribution in [2.45, 2.75) is 0 Å². The van der Waals surface area contributed by atoms with Gasteiger partial charge < -0.3 is 16.4 Å². The maximum Gasteiger partial charge on any atom is 6.00 e. The van der Waals surface area contributed by atoms with E-state index in [1.54, 1.807) is 0 Å². The van der Waals surface area contributed by atoms with Crippen molar-refractivity contribution in [2.75, 3.05) is 0 Å². The summed E-state index contributed by atoms with van der Waals surface area (Å²) in [6, 6.07) is 0. The van der Waals surface area contributed by atoms with Crippen LogP contribution in [0.25, 0.3) is 0 Å². The summed E-state index contributed by atoms with van der Waals surface area (Å²) in [6.07, 6.45) is 0. The summed E-state index contributed by atoms with van der Waals surface area (Å²) in [7, 11) is 0. The maximum absolute atomic E-state index is 0. The number of hydrogen-bond acceptors (Lipinski definition) is 0. The molecule has 0 aromatic rings. The topological polar surface area (TPSA) is 85.5 Å². The first-order valence-electron chi connectivity index (χ1n) is 0. The molecule has 0 unspecified atom stereocenters. The van der Waals surface area contributed by atoms with Gasteiger partial charge in [-0.1, -0.05) is 0 Å². The Kier molecular flexibility index (Phi) is 9770. The summed E-state index contributed by atoms with van der Waals surface area (Å²) in [5.74, 6) is 0. The Morgan fingerprint density at radius 2 is 0.500 bits per heavy atom. The fourth-order valence-electron chi connectivity index (χ4n) is 0. The van der Waals surface area contributed by atoms with Crippen LogP contribution in [0, 0.1) is 0 Å². The molecule has 0 atom stereocenters. The van der Waals surface area contributed by atoms with Crippen LogP contribution in [-0.2, 0) is 33.5 Å². The number of hydrogen-bond donors (Lipinski definition) is 0. The van der Waals surface area contributed by atoms with Crippen molar-refractivity contribution < 1.29 is 33.5 Å². The van der Waals surface area contributed by atoms with E-state index >= 15 is 0 Å². The monoisotopic (exact) mass is 104 g/mol. The van der Waals surface area contributed by atoms with E-state index in [-0.39, 0.29) is 33.5 Å². The molecule has 0 spiro atoms. The van der Waals surface area contributed by atoms with Crippen molar-refractivity contribution in [3.63, 3.8) is 0 Å². The summed E-state index contributed by atoms with van der Waals surface area (Å²) in [4.78, 5) is 0. The van der Waals surface area contributed by atoms with Gasteiger partial charge in [-0.2, -0.15) is 0 Å². The SMILES string of the molecule is [Fe+6].[O-2].[O-2].[O-2]. The molecule has 0 aliphatic carbocycles. The van der Waals surface area contributed by atoms with E-state index in [0.717, 1.165) is 0 Å². The molecule has 0 aliphatic heterocycles. The molecule has 0 amide bonds. The van der Waals surface area contributed by atoms with Crippen LogP contribution in [0.5, 0.6) is 0 Å². The van der Waals surface area contributed by atoms with Gasteiger partial charge in [0, 0.05) is 0 Å². The second-order valence-electron chi connectivity index (χ2n) is 0. The maximum atomic E-state index is 0. The van der Waals surface area contributed by atoms with E-state index < -0.39 is 0 Å². The van der Waals surface area contributed by atoms with Gasteiger partial charge in [-0.3, -0.25) is 0 Å². The van der Waals surface area contributed by atoms with Gasteiger partial charge in [-0.15, -0.1) is 0 Å². The van der Waals surface area contributed by atoms with E-state index in [1.807, 2.05) is 0 Å². The van der Waals surface area contributed by atoms with Crippen molar-refractivity contribution in [3.05, 3.63) is 0 Å². The van der Waals surface area contributed by atoms with E-state index in [1.165, 1.54) is 0 Å². The third-order valence-corrected chi connectivity index (χ3v) is 0. The van der Waals surface area contributed by atoms with Gasteiger partial charge >= 0.3 is 17.1 Å². The van der Waals surface area contributed by atoms with E-state index in [0.29, 0.717) is 0 Å². The molecule has 3 nitrogen and oxygen atoms in total. The van der Waals surface area contributed by atoms with Crippen molar-refractivity contribution in [1.29, 1.82) is 0 Å². The van der Waals surface area contributed by atoms with Crippen molar-refractivity contribution in [1.82, 2.24) is 0 Å². The van der Waals surface area contributed by atoms with Gasteiger partial charge in [-0.05, 0) is 0 Å². The van der Waals surface area contributed by atoms with Crippen LogP contribution in [0.3, 0.4) is 0 Å². The zero-order valence-corrected chi connectivity index (χ0v) is 2.68. The Hall–Kier alpha value is 0.399. The first-order chi connectivity index (χ1) is 0. The predicted octanol–water partition coefficient (Wildman–Crippen LogP) is -0.359. The summed E-state index contributed by atoms with van der Waals surface area (Å²) in [5.41, 5.74) is 0. The molecule has 4 heavy (non-hydrogen) atoms. The second-order valence-corrected chi connectivity index (χ2v) is 0. The van der Waals surface area contributed by atoms with Gasteiger partial charge in [0.05, 0.1) is 0 Å². The standard InChI is InChI=1S/Fe.3O/q+6;3*-2. The van der Waals surface area contributed by atoms with Gasteiger partial charge in [0.1, 0.15) is 0 Å². The van der Waals surface area contributed by atoms with Crippen LogP contribution in [0.15, 0.2) is 0 Å². The largest absolute Gasteiger partial charge is 6.00 e. The fourth-order valence-corrected chi connectivity index (χ4v) is 0. The van der Waals surface area contributed by atoms with E-state index in [2.05, 4.69) is 0 Å². The molecular weight excluding hydrogens is 104 g/mol. The zero-order chi connectivity index (χ0) is 0. The molecular formula is FeO3. The first kappa shape index (κ1) is 319. The zero-order valence-electron chi connectivity index (χ0n) is 1.58. The third kappa shape index (κ3) is 29.4. The minimum atomic E-state index is 0. The van der Waals surface area contributed by atoms with Crippen LogP contribution >= 0.6 is 0 Å².